The average molecular weight is 471 g/mol. The molecule has 0 atom stereocenters. The van der Waals surface area contributed by atoms with Gasteiger partial charge in [0.05, 0.1) is 19.5 Å². The monoisotopic (exact) mass is 470 g/mol. The molecule has 2 aliphatic rings. The fourth-order valence-corrected chi connectivity index (χ4v) is 5.58. The molecule has 4 heterocycles. The number of hydrogen-bond acceptors (Lipinski definition) is 7. The number of thiazole rings is 1. The number of benzene rings is 1. The standard InChI is InChI=1S/C23H30N6OS2/c1-30-20-8-6-18(7-9-20)22-24-19(16-32-22)15-26-11-13-27(14-12-26)17-29-23(31)28-10-4-2-3-5-21(28)25-29/h6-9,16H,2-5,10-15,17H2,1H3. The third kappa shape index (κ3) is 4.80. The molecule has 7 nitrogen and oxygen atoms in total. The summed E-state index contributed by atoms with van der Waals surface area (Å²) in [4.78, 5) is 9.82. The van der Waals surface area contributed by atoms with E-state index < -0.39 is 0 Å². The minimum absolute atomic E-state index is 0.797. The first-order chi connectivity index (χ1) is 15.7. The Morgan fingerprint density at radius 1 is 1.00 bits per heavy atom. The van der Waals surface area contributed by atoms with Crippen LogP contribution in [0.4, 0.5) is 0 Å². The first-order valence-corrected chi connectivity index (χ1v) is 12.7. The lowest BCUT2D eigenvalue weighted by atomic mass is 10.2. The van der Waals surface area contributed by atoms with E-state index in [1.54, 1.807) is 18.4 Å². The predicted octanol–water partition coefficient (Wildman–Crippen LogP) is 4.05. The fourth-order valence-electron chi connectivity index (χ4n) is 4.47. The van der Waals surface area contributed by atoms with Gasteiger partial charge in [-0.1, -0.05) is 6.42 Å². The van der Waals surface area contributed by atoms with E-state index in [9.17, 15) is 0 Å². The van der Waals surface area contributed by atoms with Crippen molar-refractivity contribution in [2.24, 2.45) is 0 Å². The summed E-state index contributed by atoms with van der Waals surface area (Å²) in [6.07, 6.45) is 4.76. The van der Waals surface area contributed by atoms with Gasteiger partial charge in [0.1, 0.15) is 16.6 Å². The molecule has 32 heavy (non-hydrogen) atoms. The zero-order valence-corrected chi connectivity index (χ0v) is 20.2. The molecule has 0 bridgehead atoms. The summed E-state index contributed by atoms with van der Waals surface area (Å²) in [6.45, 7) is 6.85. The molecular weight excluding hydrogens is 440 g/mol. The molecule has 0 radical (unpaired) electrons. The van der Waals surface area contributed by atoms with Crippen LogP contribution >= 0.6 is 23.6 Å². The number of aromatic nitrogens is 4. The maximum atomic E-state index is 5.72. The lowest BCUT2D eigenvalue weighted by Crippen LogP contribution is -2.46. The lowest BCUT2D eigenvalue weighted by Gasteiger charge is -2.34. The molecule has 0 aliphatic carbocycles. The van der Waals surface area contributed by atoms with Gasteiger partial charge in [-0.3, -0.25) is 9.80 Å². The normalized spacial score (nSPS) is 17.8. The van der Waals surface area contributed by atoms with Crippen LogP contribution in [0.5, 0.6) is 5.75 Å². The summed E-state index contributed by atoms with van der Waals surface area (Å²) in [5.74, 6) is 2.04. The molecule has 1 fully saturated rings. The van der Waals surface area contributed by atoms with Crippen molar-refractivity contribution in [3.05, 3.63) is 45.9 Å². The highest BCUT2D eigenvalue weighted by molar-refractivity contribution is 7.71. The Balaban J connectivity index is 1.15. The number of ether oxygens (including phenoxy) is 1. The molecular formula is C23H30N6OS2. The highest BCUT2D eigenvalue weighted by atomic mass is 32.1. The zero-order chi connectivity index (χ0) is 21.9. The minimum Gasteiger partial charge on any atom is -0.497 e. The molecule has 0 amide bonds. The summed E-state index contributed by atoms with van der Waals surface area (Å²) in [5, 5.41) is 8.09. The smallest absolute Gasteiger partial charge is 0.199 e. The van der Waals surface area contributed by atoms with Crippen molar-refractivity contribution in [1.29, 1.82) is 0 Å². The third-order valence-corrected chi connectivity index (χ3v) is 7.73. The number of methoxy groups -OCH3 is 1. The van der Waals surface area contributed by atoms with Crippen molar-refractivity contribution >= 4 is 23.6 Å². The van der Waals surface area contributed by atoms with Gasteiger partial charge in [-0.2, -0.15) is 5.10 Å². The Morgan fingerprint density at radius 2 is 1.78 bits per heavy atom. The Bertz CT molecular complexity index is 1090. The maximum Gasteiger partial charge on any atom is 0.199 e. The van der Waals surface area contributed by atoms with Gasteiger partial charge in [0.25, 0.3) is 0 Å². The zero-order valence-electron chi connectivity index (χ0n) is 18.6. The van der Waals surface area contributed by atoms with Gasteiger partial charge in [-0.05, 0) is 49.3 Å². The second kappa shape index (κ2) is 9.82. The lowest BCUT2D eigenvalue weighted by molar-refractivity contribution is 0.0972. The highest BCUT2D eigenvalue weighted by Gasteiger charge is 2.20. The van der Waals surface area contributed by atoms with Crippen LogP contribution in [-0.4, -0.2) is 62.4 Å². The summed E-state index contributed by atoms with van der Waals surface area (Å²) in [7, 11) is 1.69. The van der Waals surface area contributed by atoms with E-state index >= 15 is 0 Å². The first-order valence-electron chi connectivity index (χ1n) is 11.4. The van der Waals surface area contributed by atoms with E-state index in [1.165, 1.54) is 25.1 Å². The van der Waals surface area contributed by atoms with Crippen LogP contribution in [0, 0.1) is 4.77 Å². The van der Waals surface area contributed by atoms with Gasteiger partial charge in [0.15, 0.2) is 4.77 Å². The van der Waals surface area contributed by atoms with Crippen molar-refractivity contribution in [1.82, 2.24) is 29.1 Å². The van der Waals surface area contributed by atoms with E-state index in [0.717, 1.165) is 79.1 Å². The predicted molar refractivity (Wildman–Crippen MR) is 130 cm³/mol. The molecule has 0 N–H and O–H groups in total. The number of fused-ring (bicyclic) bond motifs is 1. The van der Waals surface area contributed by atoms with Gasteiger partial charge in [-0.15, -0.1) is 11.3 Å². The van der Waals surface area contributed by atoms with Crippen molar-refractivity contribution < 1.29 is 4.74 Å². The number of hydrogen-bond donors (Lipinski definition) is 0. The Hall–Kier alpha value is -2.07. The van der Waals surface area contributed by atoms with Crippen LogP contribution in [0.25, 0.3) is 10.6 Å². The number of piperazine rings is 1. The van der Waals surface area contributed by atoms with Crippen molar-refractivity contribution in [2.45, 2.75) is 45.4 Å². The fraction of sp³-hybridized carbons (Fsp3) is 0.522. The van der Waals surface area contributed by atoms with Crippen molar-refractivity contribution in [2.75, 3.05) is 33.3 Å². The molecule has 0 spiro atoms. The second-order valence-corrected chi connectivity index (χ2v) is 9.79. The Morgan fingerprint density at radius 3 is 2.56 bits per heavy atom. The molecule has 0 saturated carbocycles. The van der Waals surface area contributed by atoms with Crippen LogP contribution in [0.1, 0.15) is 30.8 Å². The second-order valence-electron chi connectivity index (χ2n) is 8.57. The van der Waals surface area contributed by atoms with Crippen LogP contribution in [0.3, 0.4) is 0 Å². The third-order valence-electron chi connectivity index (χ3n) is 6.35. The van der Waals surface area contributed by atoms with Crippen molar-refractivity contribution in [3.8, 4) is 16.3 Å². The summed E-state index contributed by atoms with van der Waals surface area (Å²) < 4.78 is 10.4. The molecule has 1 saturated heterocycles. The van der Waals surface area contributed by atoms with Crippen LogP contribution < -0.4 is 4.74 Å². The topological polar surface area (TPSA) is 51.4 Å². The van der Waals surface area contributed by atoms with E-state index in [4.69, 9.17) is 27.0 Å². The van der Waals surface area contributed by atoms with E-state index in [-0.39, 0.29) is 0 Å². The summed E-state index contributed by atoms with van der Waals surface area (Å²) in [6, 6.07) is 8.11. The molecule has 5 rings (SSSR count). The van der Waals surface area contributed by atoms with E-state index in [1.807, 2.05) is 16.8 Å². The quantitative estimate of drug-likeness (QED) is 0.507. The maximum absolute atomic E-state index is 5.72. The SMILES string of the molecule is COc1ccc(-c2nc(CN3CCN(Cn4nc5n(c4=S)CCCCC5)CC3)cs2)cc1. The van der Waals surface area contributed by atoms with Gasteiger partial charge >= 0.3 is 0 Å². The van der Waals surface area contributed by atoms with Gasteiger partial charge in [0.2, 0.25) is 0 Å². The molecule has 9 heteroatoms. The van der Waals surface area contributed by atoms with E-state index in [0.29, 0.717) is 0 Å². The largest absolute Gasteiger partial charge is 0.497 e. The highest BCUT2D eigenvalue weighted by Crippen LogP contribution is 2.26. The van der Waals surface area contributed by atoms with E-state index in [2.05, 4.69) is 31.9 Å². The molecule has 2 aliphatic heterocycles. The number of rotatable bonds is 6. The van der Waals surface area contributed by atoms with Crippen LogP contribution in [0.15, 0.2) is 29.6 Å². The Labute approximate surface area is 198 Å². The molecule has 1 aromatic carbocycles. The molecule has 3 aromatic rings. The minimum atomic E-state index is 0.797. The van der Waals surface area contributed by atoms with Gasteiger partial charge in [-0.25, -0.2) is 9.67 Å². The summed E-state index contributed by atoms with van der Waals surface area (Å²) >= 11 is 7.43. The van der Waals surface area contributed by atoms with Crippen LogP contribution in [-0.2, 0) is 26.2 Å². The molecule has 2 aromatic heterocycles. The number of aryl methyl sites for hydroxylation is 1. The number of nitrogens with zero attached hydrogens (tertiary/aromatic N) is 6. The average Bonchev–Trinajstić information content (AvgIpc) is 3.31. The van der Waals surface area contributed by atoms with Crippen LogP contribution in [0.2, 0.25) is 0 Å². The molecule has 0 unspecified atom stereocenters. The Kier molecular flexibility index (Phi) is 6.68. The summed E-state index contributed by atoms with van der Waals surface area (Å²) in [5.41, 5.74) is 2.29. The van der Waals surface area contributed by atoms with Crippen molar-refractivity contribution in [3.63, 3.8) is 0 Å². The first kappa shape index (κ1) is 21.8. The van der Waals surface area contributed by atoms with Gasteiger partial charge in [0, 0.05) is 56.6 Å². The van der Waals surface area contributed by atoms with Gasteiger partial charge < -0.3 is 9.30 Å². The molecule has 170 valence electrons.